The van der Waals surface area contributed by atoms with Crippen LogP contribution in [0.3, 0.4) is 0 Å². The maximum absolute atomic E-state index is 9.14. The molecule has 0 aliphatic carbocycles. The normalized spacial score (nSPS) is 12.4. The van der Waals surface area contributed by atoms with E-state index in [1.54, 1.807) is 6.20 Å². The summed E-state index contributed by atoms with van der Waals surface area (Å²) in [6.45, 7) is 4.00. The summed E-state index contributed by atoms with van der Waals surface area (Å²) in [5.41, 5.74) is 1.85. The Morgan fingerprint density at radius 2 is 2.18 bits per heavy atom. The fourth-order valence-electron chi connectivity index (χ4n) is 1.67. The van der Waals surface area contributed by atoms with E-state index in [-0.39, 0.29) is 11.8 Å². The quantitative estimate of drug-likeness (QED) is 0.875. The van der Waals surface area contributed by atoms with E-state index < -0.39 is 0 Å². The number of aromatic amines is 1. The highest BCUT2D eigenvalue weighted by Crippen LogP contribution is 2.22. The molecule has 0 saturated heterocycles. The highest BCUT2D eigenvalue weighted by Gasteiger charge is 2.18. The lowest BCUT2D eigenvalue weighted by Crippen LogP contribution is -2.09. The van der Waals surface area contributed by atoms with Crippen LogP contribution in [0.4, 0.5) is 0 Å². The van der Waals surface area contributed by atoms with Gasteiger partial charge in [-0.05, 0) is 18.1 Å². The molecular formula is C13H14N4. The van der Waals surface area contributed by atoms with Crippen LogP contribution in [0.2, 0.25) is 0 Å². The lowest BCUT2D eigenvalue weighted by molar-refractivity contribution is 0.562. The Hall–Kier alpha value is -2.15. The first-order chi connectivity index (χ1) is 8.22. The molecule has 2 heterocycles. The van der Waals surface area contributed by atoms with Crippen LogP contribution in [-0.2, 0) is 0 Å². The monoisotopic (exact) mass is 226 g/mol. The first-order valence-corrected chi connectivity index (χ1v) is 5.58. The molecule has 2 aromatic rings. The van der Waals surface area contributed by atoms with Gasteiger partial charge in [-0.1, -0.05) is 13.8 Å². The van der Waals surface area contributed by atoms with Crippen molar-refractivity contribution in [2.75, 3.05) is 0 Å². The molecule has 2 rings (SSSR count). The van der Waals surface area contributed by atoms with E-state index >= 15 is 0 Å². The largest absolute Gasteiger partial charge is 0.367 e. The fourth-order valence-corrected chi connectivity index (χ4v) is 1.67. The summed E-state index contributed by atoms with van der Waals surface area (Å²) >= 11 is 0. The van der Waals surface area contributed by atoms with Gasteiger partial charge in [0.05, 0.1) is 11.8 Å². The average molecular weight is 226 g/mol. The van der Waals surface area contributed by atoms with Crippen LogP contribution < -0.4 is 0 Å². The van der Waals surface area contributed by atoms with Crippen molar-refractivity contribution in [3.63, 3.8) is 0 Å². The minimum absolute atomic E-state index is 0.210. The second-order valence-electron chi connectivity index (χ2n) is 4.25. The molecule has 0 aliphatic rings. The molecule has 0 spiro atoms. The summed E-state index contributed by atoms with van der Waals surface area (Å²) in [6.07, 6.45) is 5.43. The van der Waals surface area contributed by atoms with Crippen molar-refractivity contribution in [1.82, 2.24) is 15.0 Å². The minimum Gasteiger partial charge on any atom is -0.367 e. The van der Waals surface area contributed by atoms with Gasteiger partial charge in [-0.3, -0.25) is 0 Å². The maximum atomic E-state index is 9.14. The molecule has 2 aromatic heterocycles. The Bertz CT molecular complexity index is 523. The van der Waals surface area contributed by atoms with Crippen molar-refractivity contribution < 1.29 is 0 Å². The van der Waals surface area contributed by atoms with Crippen LogP contribution in [-0.4, -0.2) is 15.0 Å². The average Bonchev–Trinajstić information content (AvgIpc) is 2.83. The Kier molecular flexibility index (Phi) is 3.20. The van der Waals surface area contributed by atoms with Crippen molar-refractivity contribution in [2.24, 2.45) is 5.92 Å². The van der Waals surface area contributed by atoms with Crippen LogP contribution in [0.5, 0.6) is 0 Å². The van der Waals surface area contributed by atoms with Crippen LogP contribution >= 0.6 is 0 Å². The molecule has 4 nitrogen and oxygen atoms in total. The molecular weight excluding hydrogens is 212 g/mol. The molecule has 86 valence electrons. The smallest absolute Gasteiger partial charge is 0.146 e. The molecule has 0 aromatic carbocycles. The van der Waals surface area contributed by atoms with Gasteiger partial charge in [0, 0.05) is 24.2 Å². The van der Waals surface area contributed by atoms with Gasteiger partial charge in [0.2, 0.25) is 0 Å². The lowest BCUT2D eigenvalue weighted by Gasteiger charge is -2.11. The third kappa shape index (κ3) is 2.34. The zero-order valence-electron chi connectivity index (χ0n) is 9.88. The van der Waals surface area contributed by atoms with E-state index in [4.69, 9.17) is 5.26 Å². The fraction of sp³-hybridized carbons (Fsp3) is 0.308. The number of aromatic nitrogens is 3. The predicted molar refractivity (Wildman–Crippen MR) is 65.0 cm³/mol. The lowest BCUT2D eigenvalue weighted by atomic mass is 9.96. The summed E-state index contributed by atoms with van der Waals surface area (Å²) in [7, 11) is 0. The topological polar surface area (TPSA) is 65.4 Å². The third-order valence-corrected chi connectivity index (χ3v) is 2.65. The molecule has 0 bridgehead atoms. The van der Waals surface area contributed by atoms with Crippen LogP contribution in [0.1, 0.15) is 25.6 Å². The number of hydrogen-bond acceptors (Lipinski definition) is 3. The van der Waals surface area contributed by atoms with Gasteiger partial charge in [0.15, 0.2) is 0 Å². The zero-order valence-corrected chi connectivity index (χ0v) is 9.88. The highest BCUT2D eigenvalue weighted by molar-refractivity contribution is 5.57. The first-order valence-electron chi connectivity index (χ1n) is 5.58. The van der Waals surface area contributed by atoms with Gasteiger partial charge < -0.3 is 4.98 Å². The number of nitrogens with one attached hydrogen (secondary N) is 1. The van der Waals surface area contributed by atoms with Gasteiger partial charge in [-0.15, -0.1) is 0 Å². The van der Waals surface area contributed by atoms with Crippen molar-refractivity contribution in [1.29, 1.82) is 5.26 Å². The number of nitrogens with zero attached hydrogens (tertiary/aromatic N) is 3. The number of rotatable bonds is 3. The van der Waals surface area contributed by atoms with Crippen LogP contribution in [0.15, 0.2) is 30.7 Å². The third-order valence-electron chi connectivity index (χ3n) is 2.65. The van der Waals surface area contributed by atoms with E-state index in [2.05, 4.69) is 21.0 Å². The van der Waals surface area contributed by atoms with Crippen LogP contribution in [0, 0.1) is 17.2 Å². The van der Waals surface area contributed by atoms with E-state index in [1.807, 2.05) is 38.4 Å². The van der Waals surface area contributed by atoms with E-state index in [0.29, 0.717) is 5.82 Å². The second kappa shape index (κ2) is 4.79. The maximum Gasteiger partial charge on any atom is 0.146 e. The molecule has 0 amide bonds. The zero-order chi connectivity index (χ0) is 12.3. The van der Waals surface area contributed by atoms with Gasteiger partial charge >= 0.3 is 0 Å². The molecule has 1 unspecified atom stereocenters. The summed E-state index contributed by atoms with van der Waals surface area (Å²) in [5.74, 6) is 0.552. The van der Waals surface area contributed by atoms with Gasteiger partial charge in [0.1, 0.15) is 11.7 Å². The molecule has 0 radical (unpaired) electrons. The molecule has 4 heteroatoms. The summed E-state index contributed by atoms with van der Waals surface area (Å²) in [6, 6.07) is 6.05. The summed E-state index contributed by atoms with van der Waals surface area (Å²) < 4.78 is 0. The minimum atomic E-state index is -0.256. The van der Waals surface area contributed by atoms with E-state index in [0.717, 1.165) is 11.3 Å². The van der Waals surface area contributed by atoms with E-state index in [1.165, 1.54) is 0 Å². The molecule has 0 aliphatic heterocycles. The molecule has 17 heavy (non-hydrogen) atoms. The van der Waals surface area contributed by atoms with Gasteiger partial charge in [0.25, 0.3) is 0 Å². The highest BCUT2D eigenvalue weighted by atomic mass is 14.9. The second-order valence-corrected chi connectivity index (χ2v) is 4.25. The first kappa shape index (κ1) is 11.3. The number of nitriles is 1. The Balaban J connectivity index is 2.38. The Labute approximate surface area is 100 Å². The number of hydrogen-bond donors (Lipinski definition) is 1. The van der Waals surface area contributed by atoms with Gasteiger partial charge in [-0.2, -0.15) is 5.26 Å². The van der Waals surface area contributed by atoms with Crippen molar-refractivity contribution >= 4 is 0 Å². The van der Waals surface area contributed by atoms with Crippen molar-refractivity contribution in [3.8, 4) is 17.3 Å². The SMILES string of the molecule is CC(C)C(C#N)c1nccc(-c2cc[nH]c2)n1. The Morgan fingerprint density at radius 1 is 1.35 bits per heavy atom. The molecule has 0 fully saturated rings. The molecule has 1 N–H and O–H groups in total. The Morgan fingerprint density at radius 3 is 2.76 bits per heavy atom. The predicted octanol–water partition coefficient (Wildman–Crippen LogP) is 2.73. The summed E-state index contributed by atoms with van der Waals surface area (Å²) in [5, 5.41) is 9.14. The summed E-state index contributed by atoms with van der Waals surface area (Å²) in [4.78, 5) is 11.6. The molecule has 1 atom stereocenters. The molecule has 0 saturated carbocycles. The van der Waals surface area contributed by atoms with Crippen LogP contribution in [0.25, 0.3) is 11.3 Å². The standard InChI is InChI=1S/C13H14N4/c1-9(2)11(7-14)13-16-6-4-12(17-13)10-3-5-15-8-10/h3-6,8-9,11,15H,1-2H3. The van der Waals surface area contributed by atoms with Gasteiger partial charge in [-0.25, -0.2) is 9.97 Å². The number of H-pyrrole nitrogens is 1. The van der Waals surface area contributed by atoms with E-state index in [9.17, 15) is 0 Å². The van der Waals surface area contributed by atoms with Crippen molar-refractivity contribution in [3.05, 3.63) is 36.5 Å². The van der Waals surface area contributed by atoms with Crippen molar-refractivity contribution in [2.45, 2.75) is 19.8 Å².